The summed E-state index contributed by atoms with van der Waals surface area (Å²) in [5.74, 6) is 0.743. The molecule has 5 atom stereocenters. The first-order chi connectivity index (χ1) is 11.8. The largest absolute Gasteiger partial charge is 0.482 e. The van der Waals surface area contributed by atoms with Crippen LogP contribution in [0.4, 0.5) is 4.79 Å². The van der Waals surface area contributed by atoms with Gasteiger partial charge in [0.1, 0.15) is 0 Å². The fourth-order valence-corrected chi connectivity index (χ4v) is 5.16. The van der Waals surface area contributed by atoms with Gasteiger partial charge in [-0.05, 0) is 49.0 Å². The summed E-state index contributed by atoms with van der Waals surface area (Å²) in [6, 6.07) is 9.88. The number of amides is 1. The molecule has 4 fully saturated rings. The third-order valence-electron chi connectivity index (χ3n) is 6.77. The van der Waals surface area contributed by atoms with Gasteiger partial charge in [0.25, 0.3) is 0 Å². The van der Waals surface area contributed by atoms with Crippen molar-refractivity contribution in [3.8, 4) is 0 Å². The van der Waals surface area contributed by atoms with Gasteiger partial charge in [-0.15, -0.1) is 0 Å². The van der Waals surface area contributed by atoms with Gasteiger partial charge in [0.15, 0.2) is 0 Å². The van der Waals surface area contributed by atoms with Crippen LogP contribution in [0.2, 0.25) is 0 Å². The molecule has 1 aromatic carbocycles. The predicted molar refractivity (Wildman–Crippen MR) is 95.2 cm³/mol. The molecule has 3 aliphatic carbocycles. The highest BCUT2D eigenvalue weighted by Gasteiger charge is 2.67. The topological polar surface area (TPSA) is 67.8 Å². The zero-order chi connectivity index (χ0) is 17.8. The van der Waals surface area contributed by atoms with Crippen molar-refractivity contribution in [1.82, 2.24) is 5.32 Å². The van der Waals surface area contributed by atoms with Crippen LogP contribution < -0.4 is 5.32 Å². The minimum atomic E-state index is -1.04. The summed E-state index contributed by atoms with van der Waals surface area (Å²) in [4.78, 5) is 11.3. The van der Waals surface area contributed by atoms with E-state index in [1.807, 2.05) is 30.3 Å². The Labute approximate surface area is 149 Å². The van der Waals surface area contributed by atoms with Crippen molar-refractivity contribution in [1.29, 1.82) is 0 Å². The second-order valence-corrected chi connectivity index (χ2v) is 8.67. The highest BCUT2D eigenvalue weighted by molar-refractivity contribution is 6.47. The zero-order valence-corrected chi connectivity index (χ0v) is 15.1. The van der Waals surface area contributed by atoms with Crippen molar-refractivity contribution in [2.45, 2.75) is 57.7 Å². The highest BCUT2D eigenvalue weighted by Crippen LogP contribution is 2.64. The second kappa shape index (κ2) is 5.75. The number of rotatable bonds is 4. The van der Waals surface area contributed by atoms with Crippen LogP contribution in [0.25, 0.3) is 0 Å². The van der Waals surface area contributed by atoms with Crippen LogP contribution in [0, 0.1) is 17.3 Å². The Bertz CT molecular complexity index is 667. The molecule has 6 heteroatoms. The molecular weight excluding hydrogens is 317 g/mol. The van der Waals surface area contributed by atoms with Crippen molar-refractivity contribution in [2.24, 2.45) is 17.3 Å². The van der Waals surface area contributed by atoms with Crippen LogP contribution in [-0.4, -0.2) is 36.0 Å². The van der Waals surface area contributed by atoms with Gasteiger partial charge in [0.05, 0.1) is 17.6 Å². The summed E-state index contributed by atoms with van der Waals surface area (Å²) in [6.07, 6.45) is 1.74. The van der Waals surface area contributed by atoms with Gasteiger partial charge >= 0.3 is 13.2 Å². The number of benzene rings is 1. The van der Waals surface area contributed by atoms with Gasteiger partial charge < -0.3 is 19.7 Å². The molecule has 5 nitrogen and oxygen atoms in total. The molecule has 0 unspecified atom stereocenters. The van der Waals surface area contributed by atoms with E-state index in [1.54, 1.807) is 0 Å². The number of hydrogen-bond donors (Lipinski definition) is 2. The lowest BCUT2D eigenvalue weighted by Gasteiger charge is -2.63. The molecule has 134 valence electrons. The fourth-order valence-electron chi connectivity index (χ4n) is 5.16. The molecule has 3 saturated carbocycles. The number of nitrogens with one attached hydrogen (secondary N) is 1. The predicted octanol–water partition coefficient (Wildman–Crippen LogP) is 3.13. The van der Waals surface area contributed by atoms with Crippen molar-refractivity contribution < 1.29 is 19.2 Å². The van der Waals surface area contributed by atoms with E-state index in [0.29, 0.717) is 18.3 Å². The first-order valence-electron chi connectivity index (χ1n) is 9.16. The lowest BCUT2D eigenvalue weighted by atomic mass is 9.45. The monoisotopic (exact) mass is 343 g/mol. The average Bonchev–Trinajstić information content (AvgIpc) is 2.92. The van der Waals surface area contributed by atoms with Crippen LogP contribution in [-0.2, 0) is 15.7 Å². The first-order valence-corrected chi connectivity index (χ1v) is 9.16. The lowest BCUT2D eigenvalue weighted by Crippen LogP contribution is -2.63. The molecule has 0 radical (unpaired) electrons. The summed E-state index contributed by atoms with van der Waals surface area (Å²) in [5.41, 5.74) is 1.05. The third kappa shape index (κ3) is 2.76. The molecule has 1 saturated heterocycles. The van der Waals surface area contributed by atoms with Crippen LogP contribution in [0.5, 0.6) is 0 Å². The normalized spacial score (nSPS) is 36.3. The molecule has 0 spiro atoms. The maximum atomic E-state index is 11.3. The van der Waals surface area contributed by atoms with Gasteiger partial charge in [-0.3, -0.25) is 0 Å². The third-order valence-corrected chi connectivity index (χ3v) is 6.77. The zero-order valence-electron chi connectivity index (χ0n) is 15.1. The van der Waals surface area contributed by atoms with E-state index < -0.39 is 19.2 Å². The van der Waals surface area contributed by atoms with Crippen molar-refractivity contribution in [3.63, 3.8) is 0 Å². The Morgan fingerprint density at radius 1 is 1.36 bits per heavy atom. The number of carboxylic acid groups (broad SMARTS) is 1. The van der Waals surface area contributed by atoms with Gasteiger partial charge in [0.2, 0.25) is 0 Å². The molecule has 1 heterocycles. The van der Waals surface area contributed by atoms with Crippen molar-refractivity contribution >= 4 is 13.2 Å². The molecule has 0 aromatic heterocycles. The van der Waals surface area contributed by atoms with Crippen LogP contribution in [0.3, 0.4) is 0 Å². The lowest BCUT2D eigenvalue weighted by molar-refractivity contribution is -0.185. The van der Waals surface area contributed by atoms with Crippen LogP contribution in [0.1, 0.15) is 39.2 Å². The molecule has 25 heavy (non-hydrogen) atoms. The van der Waals surface area contributed by atoms with Gasteiger partial charge in [-0.25, -0.2) is 4.79 Å². The van der Waals surface area contributed by atoms with Gasteiger partial charge in [-0.1, -0.05) is 44.2 Å². The molecule has 2 N–H and O–H groups in total. The SMILES string of the molecule is CC1(C)[C@H]2C[C@@H]1[C@@H]1OB([C@H](Cc3ccccc3)NC(=O)O)O[C@]1(C)C2. The fraction of sp³-hybridized carbons (Fsp3) is 0.632. The Balaban J connectivity index is 1.54. The summed E-state index contributed by atoms with van der Waals surface area (Å²) in [5, 5.41) is 11.9. The number of hydrogen-bond acceptors (Lipinski definition) is 3. The van der Waals surface area contributed by atoms with E-state index in [1.165, 1.54) is 6.42 Å². The maximum absolute atomic E-state index is 11.3. The molecule has 5 rings (SSSR count). The van der Waals surface area contributed by atoms with E-state index in [4.69, 9.17) is 9.31 Å². The van der Waals surface area contributed by atoms with Gasteiger partial charge in [0, 0.05) is 0 Å². The Kier molecular flexibility index (Phi) is 3.89. The molecule has 1 aromatic rings. The summed E-state index contributed by atoms with van der Waals surface area (Å²) >= 11 is 0. The first kappa shape index (κ1) is 16.9. The van der Waals surface area contributed by atoms with Crippen LogP contribution in [0.15, 0.2) is 30.3 Å². The average molecular weight is 343 g/mol. The van der Waals surface area contributed by atoms with Crippen LogP contribution >= 0.6 is 0 Å². The Morgan fingerprint density at radius 2 is 2.08 bits per heavy atom. The standard InChI is InChI=1S/C19H26BNO4/c1-18(2)13-10-14(18)16-19(3,11-13)25-20(24-16)15(21-17(22)23)9-12-7-5-4-6-8-12/h4-8,13-16,21H,9-11H2,1-3H3,(H,22,23)/t13-,14+,15-,16-,19+/m0/s1. The number of carbonyl (C=O) groups is 1. The minimum absolute atomic E-state index is 0.0476. The molecule has 1 aliphatic heterocycles. The highest BCUT2D eigenvalue weighted by atomic mass is 16.7. The quantitative estimate of drug-likeness (QED) is 0.825. The maximum Gasteiger partial charge on any atom is 0.482 e. The van der Waals surface area contributed by atoms with E-state index in [9.17, 15) is 9.90 Å². The summed E-state index contributed by atoms with van der Waals surface area (Å²) in [6.45, 7) is 6.77. The molecule has 4 aliphatic rings. The van der Waals surface area contributed by atoms with E-state index in [-0.39, 0.29) is 17.1 Å². The molecular formula is C19H26BNO4. The van der Waals surface area contributed by atoms with E-state index in [0.717, 1.165) is 12.0 Å². The van der Waals surface area contributed by atoms with Crippen molar-refractivity contribution in [3.05, 3.63) is 35.9 Å². The van der Waals surface area contributed by atoms with E-state index >= 15 is 0 Å². The Morgan fingerprint density at radius 3 is 2.72 bits per heavy atom. The Hall–Kier alpha value is -1.53. The van der Waals surface area contributed by atoms with E-state index in [2.05, 4.69) is 26.1 Å². The second-order valence-electron chi connectivity index (χ2n) is 8.67. The van der Waals surface area contributed by atoms with Crippen molar-refractivity contribution in [2.75, 3.05) is 0 Å². The molecule has 1 amide bonds. The minimum Gasteiger partial charge on any atom is -0.465 e. The molecule has 2 bridgehead atoms. The summed E-state index contributed by atoms with van der Waals surface area (Å²) < 4.78 is 12.7. The smallest absolute Gasteiger partial charge is 0.465 e. The van der Waals surface area contributed by atoms with Gasteiger partial charge in [-0.2, -0.15) is 0 Å². The summed E-state index contributed by atoms with van der Waals surface area (Å²) in [7, 11) is -0.540.